The second-order valence-corrected chi connectivity index (χ2v) is 12.8. The first-order valence-electron chi connectivity index (χ1n) is 13.3. The average Bonchev–Trinajstić information content (AvgIpc) is 3.49. The minimum atomic E-state index is -3.71. The van der Waals surface area contributed by atoms with Gasteiger partial charge in [-0.1, -0.05) is 66.4 Å². The molecule has 1 aliphatic heterocycles. The Labute approximate surface area is 239 Å². The molecule has 0 saturated heterocycles. The summed E-state index contributed by atoms with van der Waals surface area (Å²) < 4.78 is 28.0. The van der Waals surface area contributed by atoms with E-state index in [9.17, 15) is 18.0 Å². The van der Waals surface area contributed by atoms with Crippen molar-refractivity contribution >= 4 is 61.5 Å². The van der Waals surface area contributed by atoms with Gasteiger partial charge in [-0.3, -0.25) is 13.9 Å². The molecule has 0 radical (unpaired) electrons. The van der Waals surface area contributed by atoms with E-state index in [2.05, 4.69) is 5.32 Å². The summed E-state index contributed by atoms with van der Waals surface area (Å²) >= 11 is 12.8. The van der Waals surface area contributed by atoms with E-state index in [1.54, 1.807) is 43.3 Å². The molecule has 1 heterocycles. The smallest absolute Gasteiger partial charge is 0.265 e. The van der Waals surface area contributed by atoms with Crippen molar-refractivity contribution in [3.63, 3.8) is 0 Å². The number of amides is 2. The molecule has 3 aromatic carbocycles. The third-order valence-corrected chi connectivity index (χ3v) is 10.3. The molecule has 10 heteroatoms. The van der Waals surface area contributed by atoms with Crippen molar-refractivity contribution < 1.29 is 18.0 Å². The van der Waals surface area contributed by atoms with Crippen LogP contribution in [0.25, 0.3) is 10.8 Å². The van der Waals surface area contributed by atoms with Gasteiger partial charge in [0.25, 0.3) is 10.0 Å². The number of nitrogens with one attached hydrogen (secondary N) is 1. The van der Waals surface area contributed by atoms with Crippen molar-refractivity contribution in [1.82, 2.24) is 10.2 Å². The molecule has 1 atom stereocenters. The van der Waals surface area contributed by atoms with Crippen molar-refractivity contribution in [2.45, 2.75) is 69.0 Å². The largest absolute Gasteiger partial charge is 0.352 e. The van der Waals surface area contributed by atoms with Crippen LogP contribution in [0.1, 0.15) is 51.0 Å². The van der Waals surface area contributed by atoms with Gasteiger partial charge in [0.2, 0.25) is 11.8 Å². The highest BCUT2D eigenvalue weighted by Gasteiger charge is 2.35. The quantitative estimate of drug-likeness (QED) is 0.337. The van der Waals surface area contributed by atoms with E-state index in [1.807, 2.05) is 18.2 Å². The van der Waals surface area contributed by atoms with Crippen LogP contribution in [0, 0.1) is 0 Å². The SMILES string of the molecule is CC(C(=O)NC1CCCC1)N(Cc1c(Cl)cccc1Cl)C(=O)CCCN1c2cccc3cccc(c23)S1(=O)=O. The Morgan fingerprint density at radius 2 is 1.67 bits per heavy atom. The number of hydrogen-bond donors (Lipinski definition) is 1. The summed E-state index contributed by atoms with van der Waals surface area (Å²) in [5.41, 5.74) is 1.19. The summed E-state index contributed by atoms with van der Waals surface area (Å²) in [6.07, 6.45) is 4.36. The number of anilines is 1. The number of sulfonamides is 1. The summed E-state index contributed by atoms with van der Waals surface area (Å²) in [4.78, 5) is 28.5. The summed E-state index contributed by atoms with van der Waals surface area (Å²) in [5, 5.41) is 5.47. The van der Waals surface area contributed by atoms with Gasteiger partial charge >= 0.3 is 0 Å². The van der Waals surface area contributed by atoms with Crippen LogP contribution >= 0.6 is 23.2 Å². The molecule has 3 aromatic rings. The number of hydrogen-bond acceptors (Lipinski definition) is 4. The molecule has 1 unspecified atom stereocenters. The van der Waals surface area contributed by atoms with Gasteiger partial charge < -0.3 is 10.2 Å². The van der Waals surface area contributed by atoms with Gasteiger partial charge in [-0.25, -0.2) is 8.42 Å². The second kappa shape index (κ2) is 11.4. The number of carbonyl (C=O) groups is 2. The molecule has 206 valence electrons. The molecule has 5 rings (SSSR count). The lowest BCUT2D eigenvalue weighted by molar-refractivity contribution is -0.140. The third kappa shape index (κ3) is 5.47. The van der Waals surface area contributed by atoms with Gasteiger partial charge in [0.1, 0.15) is 6.04 Å². The van der Waals surface area contributed by atoms with E-state index in [0.29, 0.717) is 26.7 Å². The molecule has 1 aliphatic carbocycles. The van der Waals surface area contributed by atoms with Gasteiger partial charge in [0, 0.05) is 46.5 Å². The van der Waals surface area contributed by atoms with Crippen LogP contribution in [0.5, 0.6) is 0 Å². The third-order valence-electron chi connectivity index (χ3n) is 7.69. The zero-order valence-corrected chi connectivity index (χ0v) is 24.0. The molecule has 1 N–H and O–H groups in total. The molecule has 0 bridgehead atoms. The highest BCUT2D eigenvalue weighted by molar-refractivity contribution is 7.93. The molecule has 1 fully saturated rings. The molecule has 39 heavy (non-hydrogen) atoms. The van der Waals surface area contributed by atoms with Crippen molar-refractivity contribution in [2.24, 2.45) is 0 Å². The minimum absolute atomic E-state index is 0.0570. The molecule has 7 nitrogen and oxygen atoms in total. The summed E-state index contributed by atoms with van der Waals surface area (Å²) in [6, 6.07) is 15.3. The van der Waals surface area contributed by atoms with Crippen LogP contribution in [0.4, 0.5) is 5.69 Å². The number of nitrogens with zero attached hydrogens (tertiary/aromatic N) is 2. The lowest BCUT2D eigenvalue weighted by Crippen LogP contribution is -2.49. The zero-order chi connectivity index (χ0) is 27.7. The van der Waals surface area contributed by atoms with E-state index in [0.717, 1.165) is 31.1 Å². The van der Waals surface area contributed by atoms with Crippen LogP contribution in [0.15, 0.2) is 59.5 Å². The Balaban J connectivity index is 1.32. The Kier molecular flexibility index (Phi) is 8.08. The molecular weight excluding hydrogens is 557 g/mol. The number of carbonyl (C=O) groups excluding carboxylic acids is 2. The average molecular weight is 589 g/mol. The Hall–Kier alpha value is -2.81. The first kappa shape index (κ1) is 27.7. The molecule has 0 spiro atoms. The normalized spacial score (nSPS) is 16.9. The number of rotatable bonds is 9. The van der Waals surface area contributed by atoms with Crippen molar-refractivity contribution in [2.75, 3.05) is 10.8 Å². The van der Waals surface area contributed by atoms with Crippen molar-refractivity contribution in [1.29, 1.82) is 0 Å². The van der Waals surface area contributed by atoms with E-state index in [4.69, 9.17) is 23.2 Å². The first-order valence-corrected chi connectivity index (χ1v) is 15.5. The van der Waals surface area contributed by atoms with Crippen LogP contribution in [-0.2, 0) is 26.2 Å². The lowest BCUT2D eigenvalue weighted by Gasteiger charge is -2.30. The maximum Gasteiger partial charge on any atom is 0.265 e. The van der Waals surface area contributed by atoms with Crippen molar-refractivity contribution in [3.05, 3.63) is 70.2 Å². The Morgan fingerprint density at radius 3 is 2.36 bits per heavy atom. The fourth-order valence-corrected chi connectivity index (χ4v) is 7.81. The Bertz CT molecular complexity index is 1500. The van der Waals surface area contributed by atoms with Crippen LogP contribution in [0.3, 0.4) is 0 Å². The van der Waals surface area contributed by atoms with E-state index < -0.39 is 16.1 Å². The predicted octanol–water partition coefficient (Wildman–Crippen LogP) is 5.91. The molecule has 0 aromatic heterocycles. The summed E-state index contributed by atoms with van der Waals surface area (Å²) in [5.74, 6) is -0.491. The fraction of sp³-hybridized carbons (Fsp3) is 0.379. The monoisotopic (exact) mass is 587 g/mol. The summed E-state index contributed by atoms with van der Waals surface area (Å²) in [6.45, 7) is 1.92. The highest BCUT2D eigenvalue weighted by Crippen LogP contribution is 2.42. The second-order valence-electron chi connectivity index (χ2n) is 10.2. The number of halogens is 2. The van der Waals surface area contributed by atoms with Gasteiger partial charge in [-0.15, -0.1) is 0 Å². The maximum atomic E-state index is 13.6. The molecule has 2 amide bonds. The van der Waals surface area contributed by atoms with E-state index >= 15 is 0 Å². The van der Waals surface area contributed by atoms with Crippen LogP contribution < -0.4 is 9.62 Å². The van der Waals surface area contributed by atoms with Gasteiger partial charge in [-0.05, 0) is 55.8 Å². The number of benzene rings is 3. The standard InChI is InChI=1S/C29H31Cl2N3O4S/c1-19(29(36)32-21-10-2-3-11-21)33(18-22-23(30)12-6-13-24(22)31)27(35)16-7-17-34-25-14-4-8-20-9-5-15-26(28(20)25)39(34,37)38/h4-6,8-9,12-15,19,21H,2-3,7,10-11,16-18H2,1H3,(H,32,36). The van der Waals surface area contributed by atoms with Gasteiger partial charge in [-0.2, -0.15) is 0 Å². The lowest BCUT2D eigenvalue weighted by atomic mass is 10.1. The highest BCUT2D eigenvalue weighted by atomic mass is 35.5. The zero-order valence-electron chi connectivity index (χ0n) is 21.7. The fourth-order valence-electron chi connectivity index (χ4n) is 5.54. The topological polar surface area (TPSA) is 86.8 Å². The predicted molar refractivity (Wildman–Crippen MR) is 155 cm³/mol. The maximum absolute atomic E-state index is 13.6. The van der Waals surface area contributed by atoms with E-state index in [1.165, 1.54) is 9.21 Å². The Morgan fingerprint density at radius 1 is 1.03 bits per heavy atom. The van der Waals surface area contributed by atoms with Crippen molar-refractivity contribution in [3.8, 4) is 0 Å². The minimum Gasteiger partial charge on any atom is -0.352 e. The molecule has 2 aliphatic rings. The van der Waals surface area contributed by atoms with Crippen LogP contribution in [-0.4, -0.2) is 43.8 Å². The molecular formula is C29H31Cl2N3O4S. The van der Waals surface area contributed by atoms with E-state index in [-0.39, 0.29) is 48.7 Å². The van der Waals surface area contributed by atoms with Crippen LogP contribution in [0.2, 0.25) is 10.0 Å². The first-order chi connectivity index (χ1) is 18.7. The molecule has 1 saturated carbocycles. The van der Waals surface area contributed by atoms with Gasteiger partial charge in [0.15, 0.2) is 0 Å². The van der Waals surface area contributed by atoms with Gasteiger partial charge in [0.05, 0.1) is 10.6 Å². The summed E-state index contributed by atoms with van der Waals surface area (Å²) in [7, 11) is -3.71.